The van der Waals surface area contributed by atoms with Crippen LogP contribution in [0.2, 0.25) is 0 Å². The maximum atomic E-state index is 13.7. The van der Waals surface area contributed by atoms with Crippen LogP contribution in [0.3, 0.4) is 0 Å². The standard InChI is InChI=1S/C14H10F4N.Y/c1-9-4-2-7-12(19(9)8-13(17)18)14-10(15)5-3-6-11(14)16;/h2-6,13H,1,8H2;/q-1;. The summed E-state index contributed by atoms with van der Waals surface area (Å²) in [4.78, 5) is 1.05. The van der Waals surface area contributed by atoms with Gasteiger partial charge in [-0.3, -0.25) is 0 Å². The van der Waals surface area contributed by atoms with Crippen molar-refractivity contribution >= 4 is 5.70 Å². The summed E-state index contributed by atoms with van der Waals surface area (Å²) in [5.74, 6) is -1.66. The van der Waals surface area contributed by atoms with Gasteiger partial charge in [0.15, 0.2) is 0 Å². The van der Waals surface area contributed by atoms with Crippen molar-refractivity contribution in [2.75, 3.05) is 6.54 Å². The minimum Gasteiger partial charge on any atom is -0.370 e. The van der Waals surface area contributed by atoms with Crippen LogP contribution in [0.1, 0.15) is 5.56 Å². The molecule has 0 aromatic heterocycles. The van der Waals surface area contributed by atoms with Crippen molar-refractivity contribution in [3.8, 4) is 0 Å². The van der Waals surface area contributed by atoms with Crippen molar-refractivity contribution in [1.29, 1.82) is 0 Å². The first-order valence-corrected chi connectivity index (χ1v) is 5.49. The van der Waals surface area contributed by atoms with Crippen LogP contribution in [-0.4, -0.2) is 17.9 Å². The van der Waals surface area contributed by atoms with E-state index in [9.17, 15) is 17.6 Å². The van der Waals surface area contributed by atoms with E-state index >= 15 is 0 Å². The Balaban J connectivity index is 0.00000200. The fourth-order valence-electron chi connectivity index (χ4n) is 1.81. The van der Waals surface area contributed by atoms with Gasteiger partial charge in [0.05, 0.1) is 18.2 Å². The largest absolute Gasteiger partial charge is 0.370 e. The molecule has 1 radical (unpaired) electrons. The maximum Gasteiger partial charge on any atom is 0.256 e. The molecule has 103 valence electrons. The van der Waals surface area contributed by atoms with E-state index in [2.05, 4.69) is 12.7 Å². The Morgan fingerprint density at radius 3 is 2.35 bits per heavy atom. The monoisotopic (exact) mass is 357 g/mol. The molecule has 0 fully saturated rings. The zero-order chi connectivity index (χ0) is 14.0. The molecule has 2 rings (SSSR count). The van der Waals surface area contributed by atoms with E-state index in [4.69, 9.17) is 0 Å². The topological polar surface area (TPSA) is 3.24 Å². The van der Waals surface area contributed by atoms with Crippen molar-refractivity contribution in [2.24, 2.45) is 0 Å². The second-order valence-corrected chi connectivity index (χ2v) is 3.92. The van der Waals surface area contributed by atoms with Gasteiger partial charge in [0, 0.05) is 32.7 Å². The third-order valence-corrected chi connectivity index (χ3v) is 2.63. The van der Waals surface area contributed by atoms with Gasteiger partial charge < -0.3 is 4.90 Å². The molecular formula is C14H10F4NY-. The summed E-state index contributed by atoms with van der Waals surface area (Å²) >= 11 is 0. The number of alkyl halides is 2. The minimum atomic E-state index is -2.66. The summed E-state index contributed by atoms with van der Waals surface area (Å²) in [5.41, 5.74) is -0.228. The summed E-state index contributed by atoms with van der Waals surface area (Å²) in [7, 11) is 0. The van der Waals surface area contributed by atoms with Crippen molar-refractivity contribution in [3.63, 3.8) is 0 Å². The Morgan fingerprint density at radius 2 is 1.80 bits per heavy atom. The number of nitrogens with zero attached hydrogens (tertiary/aromatic N) is 1. The number of hydrogen-bond acceptors (Lipinski definition) is 1. The van der Waals surface area contributed by atoms with E-state index in [-0.39, 0.29) is 49.7 Å². The third kappa shape index (κ3) is 3.58. The zero-order valence-corrected chi connectivity index (χ0v) is 13.3. The maximum absolute atomic E-state index is 13.7. The van der Waals surface area contributed by atoms with Crippen LogP contribution in [0.4, 0.5) is 17.6 Å². The smallest absolute Gasteiger partial charge is 0.256 e. The zero-order valence-electron chi connectivity index (χ0n) is 10.4. The van der Waals surface area contributed by atoms with Crippen LogP contribution in [-0.2, 0) is 32.7 Å². The Bertz CT molecular complexity index is 546. The van der Waals surface area contributed by atoms with Crippen LogP contribution in [0.25, 0.3) is 5.70 Å². The molecule has 1 aliphatic rings. The van der Waals surface area contributed by atoms with E-state index < -0.39 is 24.6 Å². The quantitative estimate of drug-likeness (QED) is 0.588. The third-order valence-electron chi connectivity index (χ3n) is 2.63. The molecule has 0 bridgehead atoms. The average molecular weight is 357 g/mol. The second kappa shape index (κ2) is 7.18. The molecule has 0 spiro atoms. The second-order valence-electron chi connectivity index (χ2n) is 3.92. The van der Waals surface area contributed by atoms with Crippen LogP contribution in [0, 0.1) is 17.7 Å². The van der Waals surface area contributed by atoms with Crippen molar-refractivity contribution in [1.82, 2.24) is 4.90 Å². The number of hydrogen-bond donors (Lipinski definition) is 0. The average Bonchev–Trinajstić information content (AvgIpc) is 2.32. The van der Waals surface area contributed by atoms with Gasteiger partial charge in [0.25, 0.3) is 6.43 Å². The molecule has 0 atom stereocenters. The Kier molecular flexibility index (Phi) is 6.15. The number of rotatable bonds is 3. The Hall–Kier alpha value is -0.936. The van der Waals surface area contributed by atoms with Gasteiger partial charge in [-0.2, -0.15) is 12.2 Å². The van der Waals surface area contributed by atoms with Gasteiger partial charge in [-0.15, -0.1) is 6.08 Å². The molecular weight excluding hydrogens is 347 g/mol. The normalized spacial score (nSPS) is 14.3. The van der Waals surface area contributed by atoms with Gasteiger partial charge in [0.2, 0.25) is 0 Å². The summed E-state index contributed by atoms with van der Waals surface area (Å²) in [6.07, 6.45) is 2.78. The molecule has 1 aliphatic heterocycles. The van der Waals surface area contributed by atoms with Crippen LogP contribution in [0.15, 0.2) is 42.6 Å². The van der Waals surface area contributed by atoms with Crippen molar-refractivity contribution < 1.29 is 50.3 Å². The Morgan fingerprint density at radius 1 is 1.20 bits per heavy atom. The summed E-state index contributed by atoms with van der Waals surface area (Å²) < 4.78 is 52.5. The van der Waals surface area contributed by atoms with E-state index in [1.807, 2.05) is 0 Å². The van der Waals surface area contributed by atoms with Crippen molar-refractivity contribution in [2.45, 2.75) is 6.43 Å². The molecule has 0 saturated carbocycles. The molecule has 0 unspecified atom stereocenters. The van der Waals surface area contributed by atoms with E-state index in [1.165, 1.54) is 18.2 Å². The SMILES string of the molecule is C=C1C=C[C-]=C(c2c(F)cccc2F)N1CC(F)F.[Y]. The summed E-state index contributed by atoms with van der Waals surface area (Å²) in [5, 5.41) is 0. The van der Waals surface area contributed by atoms with Crippen LogP contribution < -0.4 is 0 Å². The minimum absolute atomic E-state index is 0. The predicted octanol–water partition coefficient (Wildman–Crippen LogP) is 3.76. The molecule has 0 aliphatic carbocycles. The van der Waals surface area contributed by atoms with Crippen LogP contribution in [0.5, 0.6) is 0 Å². The summed E-state index contributed by atoms with van der Waals surface area (Å²) in [6.45, 7) is 2.89. The first-order chi connectivity index (χ1) is 9.00. The van der Waals surface area contributed by atoms with E-state index in [0.717, 1.165) is 17.0 Å². The van der Waals surface area contributed by atoms with E-state index in [1.54, 1.807) is 0 Å². The fraction of sp³-hybridized carbons (Fsp3) is 0.143. The molecule has 1 nitrogen and oxygen atoms in total. The first kappa shape index (κ1) is 17.1. The molecule has 0 N–H and O–H groups in total. The first-order valence-electron chi connectivity index (χ1n) is 5.49. The van der Waals surface area contributed by atoms with Crippen molar-refractivity contribution in [3.05, 3.63) is 65.9 Å². The molecule has 20 heavy (non-hydrogen) atoms. The van der Waals surface area contributed by atoms with Crippen LogP contribution >= 0.6 is 0 Å². The fourth-order valence-corrected chi connectivity index (χ4v) is 1.81. The molecule has 1 heterocycles. The number of halogens is 4. The van der Waals surface area contributed by atoms with Gasteiger partial charge in [-0.1, -0.05) is 18.3 Å². The number of allylic oxidation sites excluding steroid dienone is 3. The summed E-state index contributed by atoms with van der Waals surface area (Å²) in [6, 6.07) is 3.34. The molecule has 6 heteroatoms. The van der Waals surface area contributed by atoms with Gasteiger partial charge >= 0.3 is 0 Å². The van der Waals surface area contributed by atoms with Gasteiger partial charge in [-0.25, -0.2) is 17.6 Å². The van der Waals surface area contributed by atoms with Gasteiger partial charge in [-0.05, 0) is 23.4 Å². The van der Waals surface area contributed by atoms with E-state index in [0.29, 0.717) is 0 Å². The Labute approximate surface area is 139 Å². The molecule has 1 aromatic rings. The van der Waals surface area contributed by atoms with Gasteiger partial charge in [0.1, 0.15) is 0 Å². The molecule has 0 saturated heterocycles. The molecule has 0 amide bonds. The predicted molar refractivity (Wildman–Crippen MR) is 64.0 cm³/mol. The molecule has 1 aromatic carbocycles. The number of benzene rings is 1.